The van der Waals surface area contributed by atoms with Gasteiger partial charge in [0.1, 0.15) is 0 Å². The van der Waals surface area contributed by atoms with Crippen molar-refractivity contribution < 1.29 is 8.42 Å². The van der Waals surface area contributed by atoms with Crippen molar-refractivity contribution >= 4 is 27.1 Å². The topological polar surface area (TPSA) is 134 Å². The van der Waals surface area contributed by atoms with Crippen LogP contribution in [0, 0.1) is 6.92 Å². The molecule has 0 atom stereocenters. The summed E-state index contributed by atoms with van der Waals surface area (Å²) in [6.45, 7) is 2.87. The highest BCUT2D eigenvalue weighted by Gasteiger charge is 2.19. The molecule has 2 aromatic heterocycles. The van der Waals surface area contributed by atoms with Gasteiger partial charge in [0.25, 0.3) is 5.56 Å². The summed E-state index contributed by atoms with van der Waals surface area (Å²) in [5.41, 5.74) is 2.79. The minimum absolute atomic E-state index is 0.0564. The summed E-state index contributed by atoms with van der Waals surface area (Å²) in [5, 5.41) is 8.42. The molecule has 0 spiro atoms. The van der Waals surface area contributed by atoms with E-state index in [1.165, 1.54) is 23.7 Å². The Morgan fingerprint density at radius 2 is 1.71 bits per heavy atom. The fourth-order valence-corrected chi connectivity index (χ4v) is 4.41. The number of aromatic nitrogens is 4. The highest BCUT2D eigenvalue weighted by atomic mass is 32.2. The van der Waals surface area contributed by atoms with Gasteiger partial charge in [-0.05, 0) is 36.6 Å². The van der Waals surface area contributed by atoms with Crippen LogP contribution in [-0.4, -0.2) is 33.6 Å². The van der Waals surface area contributed by atoms with Gasteiger partial charge in [-0.2, -0.15) is 4.98 Å². The lowest BCUT2D eigenvalue weighted by atomic mass is 10.1. The molecule has 4 aromatic rings. The molecule has 0 amide bonds. The van der Waals surface area contributed by atoms with E-state index in [1.54, 1.807) is 23.7 Å². The fourth-order valence-electron chi connectivity index (χ4n) is 3.89. The van der Waals surface area contributed by atoms with E-state index in [2.05, 4.69) is 10.3 Å². The molecule has 3 N–H and O–H groups in total. The number of fused-ring (bicyclic) bond motifs is 1. The number of rotatable bonds is 7. The van der Waals surface area contributed by atoms with Crippen LogP contribution in [0.2, 0.25) is 0 Å². The average molecular weight is 483 g/mol. The molecule has 34 heavy (non-hydrogen) atoms. The molecule has 0 bridgehead atoms. The Morgan fingerprint density at radius 3 is 2.35 bits per heavy atom. The molecule has 2 heterocycles. The Balaban J connectivity index is 1.68. The molecule has 11 heteroatoms. The lowest BCUT2D eigenvalue weighted by Gasteiger charge is -2.12. The van der Waals surface area contributed by atoms with Crippen LogP contribution < -0.4 is 21.7 Å². The second-order valence-corrected chi connectivity index (χ2v) is 9.82. The summed E-state index contributed by atoms with van der Waals surface area (Å²) < 4.78 is 27.1. The van der Waals surface area contributed by atoms with Crippen LogP contribution in [0.5, 0.6) is 0 Å². The van der Waals surface area contributed by atoms with Crippen LogP contribution in [0.15, 0.2) is 63.0 Å². The van der Waals surface area contributed by atoms with E-state index in [1.807, 2.05) is 31.2 Å². The van der Waals surface area contributed by atoms with E-state index in [0.29, 0.717) is 36.6 Å². The van der Waals surface area contributed by atoms with Gasteiger partial charge in [0.2, 0.25) is 16.0 Å². The molecular formula is C23H26N6O4S. The minimum atomic E-state index is -3.74. The van der Waals surface area contributed by atoms with Crippen molar-refractivity contribution in [3.63, 3.8) is 0 Å². The van der Waals surface area contributed by atoms with Crippen molar-refractivity contribution in [2.45, 2.75) is 24.8 Å². The molecular weight excluding hydrogens is 456 g/mol. The molecule has 0 aliphatic heterocycles. The number of nitrogens with one attached hydrogen (secondary N) is 1. The first-order valence-corrected chi connectivity index (χ1v) is 12.2. The van der Waals surface area contributed by atoms with Crippen molar-refractivity contribution in [3.8, 4) is 0 Å². The summed E-state index contributed by atoms with van der Waals surface area (Å²) in [6.07, 6.45) is 0.579. The van der Waals surface area contributed by atoms with Crippen molar-refractivity contribution in [1.29, 1.82) is 0 Å². The number of benzene rings is 2. The van der Waals surface area contributed by atoms with E-state index in [9.17, 15) is 18.0 Å². The van der Waals surface area contributed by atoms with E-state index in [0.717, 1.165) is 21.3 Å². The Bertz CT molecular complexity index is 1600. The lowest BCUT2D eigenvalue weighted by molar-refractivity contribution is 0.598. The van der Waals surface area contributed by atoms with Crippen molar-refractivity contribution in [2.75, 3.05) is 11.9 Å². The van der Waals surface area contributed by atoms with Gasteiger partial charge < -0.3 is 5.32 Å². The first-order chi connectivity index (χ1) is 16.1. The van der Waals surface area contributed by atoms with Crippen LogP contribution in [-0.2, 0) is 37.1 Å². The van der Waals surface area contributed by atoms with Crippen molar-refractivity contribution in [2.24, 2.45) is 19.2 Å². The van der Waals surface area contributed by atoms with E-state index >= 15 is 0 Å². The van der Waals surface area contributed by atoms with Gasteiger partial charge in [-0.1, -0.05) is 42.0 Å². The molecule has 178 valence electrons. The molecule has 2 aromatic carbocycles. The van der Waals surface area contributed by atoms with Gasteiger partial charge in [0.05, 0.1) is 11.4 Å². The van der Waals surface area contributed by atoms with Gasteiger partial charge in [-0.3, -0.25) is 18.5 Å². The molecule has 0 radical (unpaired) electrons. The molecule has 0 saturated carbocycles. The van der Waals surface area contributed by atoms with Crippen LogP contribution in [0.25, 0.3) is 11.2 Å². The van der Waals surface area contributed by atoms with Crippen molar-refractivity contribution in [1.82, 2.24) is 18.7 Å². The first-order valence-electron chi connectivity index (χ1n) is 10.6. The predicted molar refractivity (Wildman–Crippen MR) is 131 cm³/mol. The van der Waals surface area contributed by atoms with Gasteiger partial charge >= 0.3 is 5.69 Å². The Morgan fingerprint density at radius 1 is 1.00 bits per heavy atom. The van der Waals surface area contributed by atoms with Crippen LogP contribution in [0.1, 0.15) is 16.7 Å². The zero-order valence-electron chi connectivity index (χ0n) is 19.1. The maximum atomic E-state index is 13.0. The zero-order valence-corrected chi connectivity index (χ0v) is 20.0. The first kappa shape index (κ1) is 23.5. The Hall–Kier alpha value is -3.70. The third kappa shape index (κ3) is 4.52. The minimum Gasteiger partial charge on any atom is -0.355 e. The second kappa shape index (κ2) is 8.92. The number of nitrogens with zero attached hydrogens (tertiary/aromatic N) is 4. The molecule has 4 rings (SSSR count). The zero-order chi connectivity index (χ0) is 24.6. The van der Waals surface area contributed by atoms with Crippen LogP contribution in [0.3, 0.4) is 0 Å². The summed E-state index contributed by atoms with van der Waals surface area (Å²) in [6, 6.07) is 14.3. The fraction of sp³-hybridized carbons (Fsp3) is 0.261. The largest absolute Gasteiger partial charge is 0.355 e. The highest BCUT2D eigenvalue weighted by molar-refractivity contribution is 7.89. The van der Waals surface area contributed by atoms with Gasteiger partial charge in [0.15, 0.2) is 11.2 Å². The smallest absolute Gasteiger partial charge is 0.332 e. The summed E-state index contributed by atoms with van der Waals surface area (Å²) in [4.78, 5) is 30.1. The lowest BCUT2D eigenvalue weighted by Crippen LogP contribution is -2.37. The van der Waals surface area contributed by atoms with E-state index < -0.39 is 21.3 Å². The normalized spacial score (nSPS) is 11.8. The third-order valence-electron chi connectivity index (χ3n) is 5.72. The molecule has 0 fully saturated rings. The SMILES string of the molecule is Cc1cccc(Cn2c(NCCc3ccc(S(N)(=O)=O)cc3)nc3c2c(=O)n(C)c(=O)n3C)c1. The second-order valence-electron chi connectivity index (χ2n) is 8.25. The number of aryl methyl sites for hydroxylation is 2. The molecule has 0 aliphatic rings. The number of primary sulfonamides is 1. The number of nitrogens with two attached hydrogens (primary N) is 1. The summed E-state index contributed by atoms with van der Waals surface area (Å²) >= 11 is 0. The van der Waals surface area contributed by atoms with E-state index in [4.69, 9.17) is 5.14 Å². The maximum absolute atomic E-state index is 13.0. The van der Waals surface area contributed by atoms with Crippen molar-refractivity contribution in [3.05, 3.63) is 86.1 Å². The monoisotopic (exact) mass is 482 g/mol. The number of hydrogen-bond acceptors (Lipinski definition) is 6. The Kier molecular flexibility index (Phi) is 6.15. The number of imidazole rings is 1. The van der Waals surface area contributed by atoms with Crippen LogP contribution in [0.4, 0.5) is 5.95 Å². The molecule has 0 saturated heterocycles. The molecule has 0 unspecified atom stereocenters. The third-order valence-corrected chi connectivity index (χ3v) is 6.65. The van der Waals surface area contributed by atoms with Gasteiger partial charge in [-0.15, -0.1) is 0 Å². The molecule has 0 aliphatic carbocycles. The van der Waals surface area contributed by atoms with Crippen LogP contribution >= 0.6 is 0 Å². The Labute approximate surface area is 196 Å². The standard InChI is InChI=1S/C23H26N6O4S/c1-15-5-4-6-17(13-15)14-29-19-20(27(2)23(31)28(3)21(19)30)26-22(29)25-12-11-16-7-9-18(10-8-16)34(24,32)33/h4-10,13H,11-12,14H2,1-3H3,(H,25,26)(H2,24,32,33). The number of sulfonamides is 1. The number of hydrogen-bond donors (Lipinski definition) is 2. The van der Waals surface area contributed by atoms with Gasteiger partial charge in [-0.25, -0.2) is 18.4 Å². The predicted octanol–water partition coefficient (Wildman–Crippen LogP) is 1.09. The highest BCUT2D eigenvalue weighted by Crippen LogP contribution is 2.19. The maximum Gasteiger partial charge on any atom is 0.332 e. The van der Waals surface area contributed by atoms with Gasteiger partial charge in [0, 0.05) is 20.6 Å². The quantitative estimate of drug-likeness (QED) is 0.405. The summed E-state index contributed by atoms with van der Waals surface area (Å²) in [5.74, 6) is 0.468. The average Bonchev–Trinajstić information content (AvgIpc) is 3.14. The summed E-state index contributed by atoms with van der Waals surface area (Å²) in [7, 11) is -0.701. The molecule has 10 nitrogen and oxygen atoms in total. The van der Waals surface area contributed by atoms with E-state index in [-0.39, 0.29) is 4.90 Å². The number of anilines is 1.